The van der Waals surface area contributed by atoms with Crippen LogP contribution in [0.25, 0.3) is 0 Å². The van der Waals surface area contributed by atoms with Gasteiger partial charge in [0.05, 0.1) is 7.11 Å². The maximum Gasteiger partial charge on any atom is 0.118 e. The number of hydrogen-bond acceptors (Lipinski definition) is 3. The van der Waals surface area contributed by atoms with Crippen LogP contribution < -0.4 is 10.1 Å². The molecule has 0 bridgehead atoms. The number of piperazine rings is 1. The molecule has 1 heterocycles. The van der Waals surface area contributed by atoms with Crippen LogP contribution in [0.3, 0.4) is 0 Å². The van der Waals surface area contributed by atoms with E-state index in [1.807, 2.05) is 12.1 Å². The zero-order valence-electron chi connectivity index (χ0n) is 12.6. The smallest absolute Gasteiger partial charge is 0.118 e. The van der Waals surface area contributed by atoms with Gasteiger partial charge in [0.2, 0.25) is 0 Å². The third-order valence-corrected chi connectivity index (χ3v) is 3.94. The van der Waals surface area contributed by atoms with Crippen molar-refractivity contribution in [3.05, 3.63) is 29.8 Å². The number of benzene rings is 1. The van der Waals surface area contributed by atoms with Crippen molar-refractivity contribution in [2.24, 2.45) is 0 Å². The molecule has 2 rings (SSSR count). The first kappa shape index (κ1) is 14.4. The van der Waals surface area contributed by atoms with E-state index in [9.17, 15) is 0 Å². The molecule has 1 aromatic carbocycles. The molecule has 19 heavy (non-hydrogen) atoms. The van der Waals surface area contributed by atoms with Crippen molar-refractivity contribution in [3.8, 4) is 5.75 Å². The summed E-state index contributed by atoms with van der Waals surface area (Å²) in [4.78, 5) is 2.58. The number of nitrogens with one attached hydrogen (secondary N) is 1. The molecule has 1 aromatic rings. The molecule has 0 radical (unpaired) electrons. The van der Waals surface area contributed by atoms with Crippen molar-refractivity contribution in [1.82, 2.24) is 10.2 Å². The first-order chi connectivity index (χ1) is 9.00. The first-order valence-electron chi connectivity index (χ1n) is 7.12. The van der Waals surface area contributed by atoms with Crippen molar-refractivity contribution in [1.29, 1.82) is 0 Å². The average Bonchev–Trinajstić information content (AvgIpc) is 2.40. The van der Waals surface area contributed by atoms with Crippen molar-refractivity contribution in [2.75, 3.05) is 26.7 Å². The molecule has 1 unspecified atom stereocenters. The molecular formula is C16H26N2O. The molecule has 0 saturated carbocycles. The molecule has 1 atom stereocenters. The summed E-state index contributed by atoms with van der Waals surface area (Å²) in [5.41, 5.74) is 1.61. The van der Waals surface area contributed by atoms with Gasteiger partial charge in [0.25, 0.3) is 0 Å². The summed E-state index contributed by atoms with van der Waals surface area (Å²) in [5.74, 6) is 0.931. The van der Waals surface area contributed by atoms with E-state index in [2.05, 4.69) is 43.1 Å². The summed E-state index contributed by atoms with van der Waals surface area (Å²) in [5, 5.41) is 3.59. The molecule has 0 amide bonds. The van der Waals surface area contributed by atoms with Crippen LogP contribution in [-0.4, -0.2) is 43.2 Å². The Morgan fingerprint density at radius 2 is 2.00 bits per heavy atom. The van der Waals surface area contributed by atoms with Crippen LogP contribution >= 0.6 is 0 Å². The summed E-state index contributed by atoms with van der Waals surface area (Å²) < 4.78 is 5.19. The molecule has 1 aliphatic heterocycles. The predicted molar refractivity (Wildman–Crippen MR) is 79.8 cm³/mol. The largest absolute Gasteiger partial charge is 0.497 e. The number of methoxy groups -OCH3 is 1. The molecule has 1 saturated heterocycles. The molecule has 106 valence electrons. The number of nitrogens with zero attached hydrogens (tertiary/aromatic N) is 1. The molecule has 0 aromatic heterocycles. The van der Waals surface area contributed by atoms with E-state index < -0.39 is 0 Å². The summed E-state index contributed by atoms with van der Waals surface area (Å²) in [6, 6.07) is 9.03. The average molecular weight is 262 g/mol. The zero-order valence-corrected chi connectivity index (χ0v) is 12.6. The monoisotopic (exact) mass is 262 g/mol. The third kappa shape index (κ3) is 3.95. The van der Waals surface area contributed by atoms with Gasteiger partial charge in [0.1, 0.15) is 5.75 Å². The normalized spacial score (nSPS) is 23.3. The van der Waals surface area contributed by atoms with Gasteiger partial charge in [-0.05, 0) is 44.9 Å². The number of rotatable bonds is 4. The van der Waals surface area contributed by atoms with E-state index in [1.165, 1.54) is 5.56 Å². The molecule has 0 aliphatic carbocycles. The Bertz CT molecular complexity index is 400. The fourth-order valence-corrected chi connectivity index (χ4v) is 2.64. The maximum atomic E-state index is 5.19. The fraction of sp³-hybridized carbons (Fsp3) is 0.625. The van der Waals surface area contributed by atoms with Gasteiger partial charge in [0, 0.05) is 31.2 Å². The third-order valence-electron chi connectivity index (χ3n) is 3.94. The minimum absolute atomic E-state index is 0.229. The quantitative estimate of drug-likeness (QED) is 0.901. The molecule has 3 heteroatoms. The van der Waals surface area contributed by atoms with Crippen molar-refractivity contribution in [3.63, 3.8) is 0 Å². The van der Waals surface area contributed by atoms with Gasteiger partial charge >= 0.3 is 0 Å². The van der Waals surface area contributed by atoms with Crippen LogP contribution in [0.1, 0.15) is 26.3 Å². The fourth-order valence-electron chi connectivity index (χ4n) is 2.64. The van der Waals surface area contributed by atoms with Gasteiger partial charge in [-0.1, -0.05) is 12.1 Å². The lowest BCUT2D eigenvalue weighted by molar-refractivity contribution is 0.106. The van der Waals surface area contributed by atoms with Crippen LogP contribution in [-0.2, 0) is 6.42 Å². The van der Waals surface area contributed by atoms with Crippen LogP contribution in [0.2, 0.25) is 0 Å². The summed E-state index contributed by atoms with van der Waals surface area (Å²) in [7, 11) is 1.71. The lowest BCUT2D eigenvalue weighted by Gasteiger charge is -2.43. The van der Waals surface area contributed by atoms with Gasteiger partial charge in [-0.3, -0.25) is 4.90 Å². The summed E-state index contributed by atoms with van der Waals surface area (Å²) in [6.45, 7) is 10.2. The molecular weight excluding hydrogens is 236 g/mol. The second kappa shape index (κ2) is 5.93. The van der Waals surface area contributed by atoms with Gasteiger partial charge in [-0.2, -0.15) is 0 Å². The predicted octanol–water partition coefficient (Wildman–Crippen LogP) is 2.31. The molecule has 3 nitrogen and oxygen atoms in total. The molecule has 1 aliphatic rings. The Morgan fingerprint density at radius 1 is 1.32 bits per heavy atom. The van der Waals surface area contributed by atoms with Crippen LogP contribution in [0.15, 0.2) is 24.3 Å². The highest BCUT2D eigenvalue weighted by molar-refractivity contribution is 5.27. The van der Waals surface area contributed by atoms with E-state index >= 15 is 0 Å². The Balaban J connectivity index is 1.89. The zero-order chi connectivity index (χ0) is 13.9. The van der Waals surface area contributed by atoms with Crippen molar-refractivity contribution < 1.29 is 4.74 Å². The highest BCUT2D eigenvalue weighted by atomic mass is 16.5. The number of hydrogen-bond donors (Lipinski definition) is 1. The second-order valence-corrected chi connectivity index (χ2v) is 6.18. The maximum absolute atomic E-state index is 5.19. The van der Waals surface area contributed by atoms with Gasteiger partial charge < -0.3 is 10.1 Å². The van der Waals surface area contributed by atoms with Gasteiger partial charge in [-0.25, -0.2) is 0 Å². The van der Waals surface area contributed by atoms with Crippen molar-refractivity contribution in [2.45, 2.75) is 38.8 Å². The van der Waals surface area contributed by atoms with E-state index in [1.54, 1.807) is 7.11 Å². The van der Waals surface area contributed by atoms with E-state index in [4.69, 9.17) is 4.74 Å². The van der Waals surface area contributed by atoms with E-state index in [-0.39, 0.29) is 5.54 Å². The SMILES string of the molecule is COc1ccc(CCN2CC(C)(C)NCC2C)cc1. The lowest BCUT2D eigenvalue weighted by atomic mass is 9.98. The van der Waals surface area contributed by atoms with Crippen LogP contribution in [0.4, 0.5) is 0 Å². The Morgan fingerprint density at radius 3 is 2.63 bits per heavy atom. The first-order valence-corrected chi connectivity index (χ1v) is 7.12. The molecule has 0 spiro atoms. The minimum Gasteiger partial charge on any atom is -0.497 e. The highest BCUT2D eigenvalue weighted by Gasteiger charge is 2.29. The van der Waals surface area contributed by atoms with Gasteiger partial charge in [0.15, 0.2) is 0 Å². The van der Waals surface area contributed by atoms with Crippen molar-refractivity contribution >= 4 is 0 Å². The summed E-state index contributed by atoms with van der Waals surface area (Å²) in [6.07, 6.45) is 1.10. The lowest BCUT2D eigenvalue weighted by Crippen LogP contribution is -2.60. The second-order valence-electron chi connectivity index (χ2n) is 6.18. The van der Waals surface area contributed by atoms with Crippen LogP contribution in [0.5, 0.6) is 5.75 Å². The standard InChI is InChI=1S/C16H26N2O/c1-13-11-17-16(2,3)12-18(13)10-9-14-5-7-15(19-4)8-6-14/h5-8,13,17H,9-12H2,1-4H3. The molecule has 1 N–H and O–H groups in total. The molecule has 1 fully saturated rings. The van der Waals surface area contributed by atoms with E-state index in [0.29, 0.717) is 6.04 Å². The summed E-state index contributed by atoms with van der Waals surface area (Å²) >= 11 is 0. The Labute approximate surface area is 116 Å². The Kier molecular flexibility index (Phi) is 4.48. The topological polar surface area (TPSA) is 24.5 Å². The highest BCUT2D eigenvalue weighted by Crippen LogP contribution is 2.16. The minimum atomic E-state index is 0.229. The number of ether oxygens (including phenoxy) is 1. The van der Waals surface area contributed by atoms with E-state index in [0.717, 1.165) is 31.8 Å². The van der Waals surface area contributed by atoms with Gasteiger partial charge in [-0.15, -0.1) is 0 Å². The van der Waals surface area contributed by atoms with Crippen LogP contribution in [0, 0.1) is 0 Å². The Hall–Kier alpha value is -1.06.